The number of nitrogens with one attached hydrogen (secondary N) is 1. The van der Waals surface area contributed by atoms with Crippen LogP contribution in [0.15, 0.2) is 66.7 Å². The lowest BCUT2D eigenvalue weighted by atomic mass is 9.90. The summed E-state index contributed by atoms with van der Waals surface area (Å²) in [7, 11) is 4.74. The molecule has 0 radical (unpaired) electrons. The molecule has 0 spiro atoms. The van der Waals surface area contributed by atoms with Crippen molar-refractivity contribution in [2.75, 3.05) is 26.6 Å². The summed E-state index contributed by atoms with van der Waals surface area (Å²) in [6, 6.07) is 20.6. The predicted octanol–water partition coefficient (Wildman–Crippen LogP) is 4.81. The number of anilines is 1. The van der Waals surface area contributed by atoms with Crippen molar-refractivity contribution in [3.05, 3.63) is 83.4 Å². The number of amides is 2. The zero-order valence-corrected chi connectivity index (χ0v) is 22.8. The van der Waals surface area contributed by atoms with Crippen LogP contribution < -0.4 is 25.3 Å². The third kappa shape index (κ3) is 7.29. The molecule has 0 aromatic heterocycles. The second kappa shape index (κ2) is 13.2. The van der Waals surface area contributed by atoms with E-state index in [4.69, 9.17) is 19.9 Å². The minimum atomic E-state index is -0.114. The first-order chi connectivity index (χ1) is 18.9. The Labute approximate surface area is 230 Å². The van der Waals surface area contributed by atoms with E-state index in [1.165, 1.54) is 0 Å². The van der Waals surface area contributed by atoms with Gasteiger partial charge in [-0.3, -0.25) is 9.59 Å². The van der Waals surface area contributed by atoms with Crippen molar-refractivity contribution in [3.63, 3.8) is 0 Å². The van der Waals surface area contributed by atoms with Crippen molar-refractivity contribution in [2.45, 2.75) is 50.7 Å². The first-order valence-electron chi connectivity index (χ1n) is 13.2. The Morgan fingerprint density at radius 3 is 2.23 bits per heavy atom. The number of carbonyl (C=O) groups is 2. The second-order valence-corrected chi connectivity index (χ2v) is 9.84. The van der Waals surface area contributed by atoms with Gasteiger partial charge in [0.25, 0.3) is 5.91 Å². The number of hydrogen-bond donors (Lipinski definition) is 2. The molecule has 39 heavy (non-hydrogen) atoms. The molecule has 0 saturated heterocycles. The maximum atomic E-state index is 13.8. The topological polar surface area (TPSA) is 103 Å². The molecule has 8 heteroatoms. The van der Waals surface area contributed by atoms with E-state index in [0.29, 0.717) is 29.3 Å². The van der Waals surface area contributed by atoms with E-state index in [-0.39, 0.29) is 30.3 Å². The minimum absolute atomic E-state index is 0.0683. The second-order valence-electron chi connectivity index (χ2n) is 9.84. The van der Waals surface area contributed by atoms with Gasteiger partial charge in [-0.1, -0.05) is 24.3 Å². The molecular weight excluding hydrogens is 494 g/mol. The molecule has 3 aromatic carbocycles. The number of benzene rings is 3. The Morgan fingerprint density at radius 1 is 0.846 bits per heavy atom. The molecule has 2 amide bonds. The monoisotopic (exact) mass is 531 g/mol. The van der Waals surface area contributed by atoms with Gasteiger partial charge < -0.3 is 30.2 Å². The molecule has 0 atom stereocenters. The van der Waals surface area contributed by atoms with E-state index < -0.39 is 0 Å². The molecule has 4 rings (SSSR count). The Balaban J connectivity index is 1.51. The molecule has 3 aromatic rings. The Hall–Kier alpha value is -4.04. The van der Waals surface area contributed by atoms with E-state index in [9.17, 15) is 9.59 Å². The van der Waals surface area contributed by atoms with Crippen molar-refractivity contribution in [1.29, 1.82) is 0 Å². The van der Waals surface area contributed by atoms with E-state index in [2.05, 4.69) is 5.32 Å². The van der Waals surface area contributed by atoms with Gasteiger partial charge in [-0.2, -0.15) is 0 Å². The number of rotatable bonds is 10. The van der Waals surface area contributed by atoms with Crippen LogP contribution in [-0.2, 0) is 17.8 Å². The number of carbonyl (C=O) groups excluding carboxylic acids is 2. The van der Waals surface area contributed by atoms with Gasteiger partial charge in [-0.15, -0.1) is 0 Å². The molecular formula is C31H37N3O5. The maximum absolute atomic E-state index is 13.8. The highest BCUT2D eigenvalue weighted by molar-refractivity contribution is 5.95. The molecule has 0 aliphatic heterocycles. The lowest BCUT2D eigenvalue weighted by molar-refractivity contribution is -0.115. The molecule has 1 saturated carbocycles. The van der Waals surface area contributed by atoms with Crippen molar-refractivity contribution in [2.24, 2.45) is 5.73 Å². The Kier molecular flexibility index (Phi) is 9.44. The SMILES string of the molecule is COc1ccc(CC(=O)Nc2cccc(CN(C(=O)c3ccc(OC)c(OC)c3)C3CCC(N)CC3)c2)cc1. The fraction of sp³-hybridized carbons (Fsp3) is 0.355. The van der Waals surface area contributed by atoms with Crippen LogP contribution in [0.4, 0.5) is 5.69 Å². The van der Waals surface area contributed by atoms with Crippen molar-refractivity contribution >= 4 is 17.5 Å². The normalized spacial score (nSPS) is 16.7. The van der Waals surface area contributed by atoms with Crippen LogP contribution in [0.2, 0.25) is 0 Å². The van der Waals surface area contributed by atoms with Gasteiger partial charge in [0.1, 0.15) is 5.75 Å². The summed E-state index contributed by atoms with van der Waals surface area (Å²) in [5.41, 5.74) is 9.21. The van der Waals surface area contributed by atoms with E-state index in [1.54, 1.807) is 39.5 Å². The zero-order valence-electron chi connectivity index (χ0n) is 22.8. The summed E-state index contributed by atoms with van der Waals surface area (Å²) in [6.07, 6.45) is 3.70. The predicted molar refractivity (Wildman–Crippen MR) is 151 cm³/mol. The first kappa shape index (κ1) is 28.0. The standard InChI is InChI=1S/C31H37N3O5/c1-37-27-14-7-21(8-15-27)18-30(35)33-25-6-4-5-22(17-25)20-34(26-12-10-24(32)11-13-26)31(36)23-9-16-28(38-2)29(19-23)39-3/h4-9,14-17,19,24,26H,10-13,18,20,32H2,1-3H3,(H,33,35). The fourth-order valence-electron chi connectivity index (χ4n) is 4.99. The van der Waals surface area contributed by atoms with Gasteiger partial charge in [-0.25, -0.2) is 0 Å². The molecule has 3 N–H and O–H groups in total. The van der Waals surface area contributed by atoms with Gasteiger partial charge in [0, 0.05) is 29.9 Å². The zero-order chi connectivity index (χ0) is 27.8. The smallest absolute Gasteiger partial charge is 0.254 e. The molecule has 8 nitrogen and oxygen atoms in total. The third-order valence-corrected chi connectivity index (χ3v) is 7.16. The highest BCUT2D eigenvalue weighted by Gasteiger charge is 2.29. The number of hydrogen-bond acceptors (Lipinski definition) is 6. The summed E-state index contributed by atoms with van der Waals surface area (Å²) in [6.45, 7) is 0.412. The summed E-state index contributed by atoms with van der Waals surface area (Å²) >= 11 is 0. The quantitative estimate of drug-likeness (QED) is 0.389. The van der Waals surface area contributed by atoms with Crippen molar-refractivity contribution in [1.82, 2.24) is 4.90 Å². The molecule has 0 bridgehead atoms. The average Bonchev–Trinajstić information content (AvgIpc) is 2.96. The fourth-order valence-corrected chi connectivity index (χ4v) is 4.99. The largest absolute Gasteiger partial charge is 0.497 e. The summed E-state index contributed by atoms with van der Waals surface area (Å²) in [5.74, 6) is 1.64. The lowest BCUT2D eigenvalue weighted by Crippen LogP contribution is -2.43. The number of nitrogens with two attached hydrogens (primary N) is 1. The number of ether oxygens (including phenoxy) is 3. The number of methoxy groups -OCH3 is 3. The van der Waals surface area contributed by atoms with Crippen LogP contribution in [0, 0.1) is 0 Å². The maximum Gasteiger partial charge on any atom is 0.254 e. The van der Waals surface area contributed by atoms with Crippen LogP contribution in [-0.4, -0.2) is 50.1 Å². The van der Waals surface area contributed by atoms with Gasteiger partial charge in [0.15, 0.2) is 11.5 Å². The van der Waals surface area contributed by atoms with Crippen LogP contribution in [0.25, 0.3) is 0 Å². The molecule has 1 aliphatic carbocycles. The van der Waals surface area contributed by atoms with Gasteiger partial charge >= 0.3 is 0 Å². The molecule has 0 unspecified atom stereocenters. The van der Waals surface area contributed by atoms with Crippen molar-refractivity contribution < 1.29 is 23.8 Å². The minimum Gasteiger partial charge on any atom is -0.497 e. The first-order valence-corrected chi connectivity index (χ1v) is 13.2. The summed E-state index contributed by atoms with van der Waals surface area (Å²) in [4.78, 5) is 28.5. The molecule has 1 fully saturated rings. The Morgan fingerprint density at radius 2 is 1.56 bits per heavy atom. The molecule has 1 aliphatic rings. The Bertz CT molecular complexity index is 1270. The van der Waals surface area contributed by atoms with Gasteiger partial charge in [0.05, 0.1) is 27.8 Å². The number of nitrogens with zero attached hydrogens (tertiary/aromatic N) is 1. The van der Waals surface area contributed by atoms with Gasteiger partial charge in [0.2, 0.25) is 5.91 Å². The average molecular weight is 532 g/mol. The molecule has 0 heterocycles. The molecule has 206 valence electrons. The van der Waals surface area contributed by atoms with E-state index >= 15 is 0 Å². The highest BCUT2D eigenvalue weighted by atomic mass is 16.5. The van der Waals surface area contributed by atoms with E-state index in [1.807, 2.05) is 53.4 Å². The van der Waals surface area contributed by atoms with Crippen LogP contribution in [0.5, 0.6) is 17.2 Å². The van der Waals surface area contributed by atoms with Crippen LogP contribution in [0.3, 0.4) is 0 Å². The summed E-state index contributed by atoms with van der Waals surface area (Å²) in [5, 5.41) is 2.99. The third-order valence-electron chi connectivity index (χ3n) is 7.16. The van der Waals surface area contributed by atoms with Crippen molar-refractivity contribution in [3.8, 4) is 17.2 Å². The van der Waals surface area contributed by atoms with Crippen LogP contribution >= 0.6 is 0 Å². The van der Waals surface area contributed by atoms with E-state index in [0.717, 1.165) is 42.6 Å². The lowest BCUT2D eigenvalue weighted by Gasteiger charge is -2.36. The van der Waals surface area contributed by atoms with Gasteiger partial charge in [-0.05, 0) is 79.3 Å². The van der Waals surface area contributed by atoms with Crippen LogP contribution in [0.1, 0.15) is 47.2 Å². The summed E-state index contributed by atoms with van der Waals surface area (Å²) < 4.78 is 16.0. The highest BCUT2D eigenvalue weighted by Crippen LogP contribution is 2.31.